The minimum absolute atomic E-state index is 0. The first kappa shape index (κ1) is 13.6. The van der Waals surface area contributed by atoms with E-state index in [9.17, 15) is 0 Å². The number of nitrogens with one attached hydrogen (secondary N) is 1. The predicted molar refractivity (Wildman–Crippen MR) is 54.5 cm³/mol. The molecule has 0 unspecified atom stereocenters. The van der Waals surface area contributed by atoms with Crippen LogP contribution in [-0.4, -0.2) is 13.1 Å². The third-order valence-corrected chi connectivity index (χ3v) is 1.44. The molecule has 0 aliphatic carbocycles. The normalized spacial score (nSPS) is 8.91. The maximum absolute atomic E-state index is 3.83. The van der Waals surface area contributed by atoms with Gasteiger partial charge in [-0.25, -0.2) is 0 Å². The molecule has 68 valence electrons. The smallest absolute Gasteiger partial charge is 0.00118 e. The van der Waals surface area contributed by atoms with Crippen molar-refractivity contribution < 1.29 is 0 Å². The topological polar surface area (TPSA) is 12.0 Å². The maximum Gasteiger partial charge on any atom is -0.00118 e. The zero-order valence-electron chi connectivity index (χ0n) is 7.65. The molecule has 2 heteroatoms. The Bertz CT molecular complexity index is 91.6. The number of rotatable bonds is 6. The van der Waals surface area contributed by atoms with Gasteiger partial charge in [-0.15, -0.1) is 19.0 Å². The zero-order valence-corrected chi connectivity index (χ0v) is 8.47. The summed E-state index contributed by atoms with van der Waals surface area (Å²) in [6.45, 7) is 10.4. The van der Waals surface area contributed by atoms with Crippen LogP contribution in [0.3, 0.4) is 0 Å². The van der Waals surface area contributed by atoms with Gasteiger partial charge in [-0.2, -0.15) is 0 Å². The molecular weight excluding hydrogens is 158 g/mol. The summed E-state index contributed by atoms with van der Waals surface area (Å²) in [6.07, 6.45) is 3.68. The predicted octanol–water partition coefficient (Wildman–Crippen LogP) is 2.76. The molecule has 0 aliphatic heterocycles. The Morgan fingerprint density at radius 3 is 2.45 bits per heavy atom. The summed E-state index contributed by atoms with van der Waals surface area (Å²) < 4.78 is 0. The van der Waals surface area contributed by atoms with E-state index in [1.54, 1.807) is 0 Å². The SMILES string of the molecule is C=C(C)CCNCCCC.Cl. The van der Waals surface area contributed by atoms with Gasteiger partial charge in [0.15, 0.2) is 0 Å². The molecule has 0 atom stereocenters. The molecule has 0 saturated heterocycles. The molecular formula is C9H20ClN. The average molecular weight is 178 g/mol. The summed E-state index contributed by atoms with van der Waals surface area (Å²) in [5.41, 5.74) is 1.27. The van der Waals surface area contributed by atoms with Crippen molar-refractivity contribution in [3.05, 3.63) is 12.2 Å². The van der Waals surface area contributed by atoms with E-state index in [-0.39, 0.29) is 12.4 Å². The molecule has 0 aromatic carbocycles. The van der Waals surface area contributed by atoms with Crippen LogP contribution in [0.15, 0.2) is 12.2 Å². The van der Waals surface area contributed by atoms with E-state index in [4.69, 9.17) is 0 Å². The average Bonchev–Trinajstić information content (AvgIpc) is 1.87. The summed E-state index contributed by atoms with van der Waals surface area (Å²) in [7, 11) is 0. The van der Waals surface area contributed by atoms with Crippen molar-refractivity contribution in [3.8, 4) is 0 Å². The van der Waals surface area contributed by atoms with Crippen LogP contribution in [0, 0.1) is 0 Å². The van der Waals surface area contributed by atoms with Gasteiger partial charge in [-0.1, -0.05) is 18.9 Å². The summed E-state index contributed by atoms with van der Waals surface area (Å²) in [4.78, 5) is 0. The molecule has 1 N–H and O–H groups in total. The van der Waals surface area contributed by atoms with Gasteiger partial charge in [0.2, 0.25) is 0 Å². The minimum atomic E-state index is 0. The van der Waals surface area contributed by atoms with Gasteiger partial charge in [0.05, 0.1) is 0 Å². The van der Waals surface area contributed by atoms with Gasteiger partial charge in [0.25, 0.3) is 0 Å². The van der Waals surface area contributed by atoms with E-state index in [2.05, 4.69) is 25.7 Å². The lowest BCUT2D eigenvalue weighted by atomic mass is 10.2. The van der Waals surface area contributed by atoms with Crippen LogP contribution in [0.25, 0.3) is 0 Å². The maximum atomic E-state index is 3.83. The van der Waals surface area contributed by atoms with E-state index < -0.39 is 0 Å². The fourth-order valence-electron chi connectivity index (χ4n) is 0.729. The van der Waals surface area contributed by atoms with Gasteiger partial charge < -0.3 is 5.32 Å². The highest BCUT2D eigenvalue weighted by atomic mass is 35.5. The second-order valence-electron chi connectivity index (χ2n) is 2.81. The first-order valence-corrected chi connectivity index (χ1v) is 4.12. The molecule has 0 saturated carbocycles. The number of hydrogen-bond acceptors (Lipinski definition) is 1. The standard InChI is InChI=1S/C9H19N.ClH/c1-4-5-7-10-8-6-9(2)3;/h10H,2,4-8H2,1,3H3;1H. The molecule has 0 rings (SSSR count). The molecule has 0 aromatic heterocycles. The van der Waals surface area contributed by atoms with Crippen LogP contribution in [0.1, 0.15) is 33.1 Å². The Kier molecular flexibility index (Phi) is 12.3. The van der Waals surface area contributed by atoms with Crippen molar-refractivity contribution >= 4 is 12.4 Å². The minimum Gasteiger partial charge on any atom is -0.316 e. The highest BCUT2D eigenvalue weighted by molar-refractivity contribution is 5.85. The summed E-state index contributed by atoms with van der Waals surface area (Å²) in [6, 6.07) is 0. The lowest BCUT2D eigenvalue weighted by molar-refractivity contribution is 0.639. The van der Waals surface area contributed by atoms with Gasteiger partial charge in [-0.05, 0) is 32.9 Å². The van der Waals surface area contributed by atoms with Crippen molar-refractivity contribution in [1.29, 1.82) is 0 Å². The molecule has 0 amide bonds. The molecule has 1 nitrogen and oxygen atoms in total. The van der Waals surface area contributed by atoms with Crippen LogP contribution >= 0.6 is 12.4 Å². The third-order valence-electron chi connectivity index (χ3n) is 1.44. The molecule has 0 aliphatic rings. The van der Waals surface area contributed by atoms with Crippen LogP contribution in [0.2, 0.25) is 0 Å². The lowest BCUT2D eigenvalue weighted by Gasteiger charge is -2.01. The molecule has 0 spiro atoms. The Labute approximate surface area is 76.7 Å². The van der Waals surface area contributed by atoms with E-state index in [0.717, 1.165) is 19.5 Å². The molecule has 0 heterocycles. The van der Waals surface area contributed by atoms with Crippen LogP contribution in [0.5, 0.6) is 0 Å². The van der Waals surface area contributed by atoms with Crippen LogP contribution < -0.4 is 5.32 Å². The largest absolute Gasteiger partial charge is 0.316 e. The van der Waals surface area contributed by atoms with Gasteiger partial charge in [0.1, 0.15) is 0 Å². The zero-order chi connectivity index (χ0) is 7.82. The molecule has 0 fully saturated rings. The van der Waals surface area contributed by atoms with Gasteiger partial charge in [-0.3, -0.25) is 0 Å². The van der Waals surface area contributed by atoms with Crippen molar-refractivity contribution in [2.75, 3.05) is 13.1 Å². The van der Waals surface area contributed by atoms with E-state index in [1.165, 1.54) is 18.4 Å². The molecule has 0 bridgehead atoms. The van der Waals surface area contributed by atoms with Crippen molar-refractivity contribution in [2.45, 2.75) is 33.1 Å². The van der Waals surface area contributed by atoms with Crippen molar-refractivity contribution in [1.82, 2.24) is 5.32 Å². The Morgan fingerprint density at radius 1 is 1.36 bits per heavy atom. The third kappa shape index (κ3) is 13.1. The van der Waals surface area contributed by atoms with Crippen molar-refractivity contribution in [3.63, 3.8) is 0 Å². The number of unbranched alkanes of at least 4 members (excludes halogenated alkanes) is 1. The number of halogens is 1. The molecule has 11 heavy (non-hydrogen) atoms. The summed E-state index contributed by atoms with van der Waals surface area (Å²) >= 11 is 0. The first-order valence-electron chi connectivity index (χ1n) is 4.12. The molecule has 0 aromatic rings. The Hall–Kier alpha value is -0.0100. The van der Waals surface area contributed by atoms with E-state index in [1.807, 2.05) is 0 Å². The second-order valence-corrected chi connectivity index (χ2v) is 2.81. The fourth-order valence-corrected chi connectivity index (χ4v) is 0.729. The highest BCUT2D eigenvalue weighted by Crippen LogP contribution is 1.92. The van der Waals surface area contributed by atoms with E-state index >= 15 is 0 Å². The monoisotopic (exact) mass is 177 g/mol. The van der Waals surface area contributed by atoms with Crippen LogP contribution in [0.4, 0.5) is 0 Å². The quantitative estimate of drug-likeness (QED) is 0.486. The van der Waals surface area contributed by atoms with Gasteiger partial charge >= 0.3 is 0 Å². The Balaban J connectivity index is 0. The fraction of sp³-hybridized carbons (Fsp3) is 0.778. The first-order chi connectivity index (χ1) is 4.77. The number of hydrogen-bond donors (Lipinski definition) is 1. The summed E-state index contributed by atoms with van der Waals surface area (Å²) in [5, 5.41) is 3.36. The summed E-state index contributed by atoms with van der Waals surface area (Å²) in [5.74, 6) is 0. The Morgan fingerprint density at radius 2 is 2.00 bits per heavy atom. The van der Waals surface area contributed by atoms with Crippen LogP contribution in [-0.2, 0) is 0 Å². The van der Waals surface area contributed by atoms with Crippen molar-refractivity contribution in [2.24, 2.45) is 0 Å². The van der Waals surface area contributed by atoms with Gasteiger partial charge in [0, 0.05) is 0 Å². The van der Waals surface area contributed by atoms with E-state index in [0.29, 0.717) is 0 Å². The highest BCUT2D eigenvalue weighted by Gasteiger charge is 1.86. The molecule has 0 radical (unpaired) electrons. The second kappa shape index (κ2) is 9.99. The lowest BCUT2D eigenvalue weighted by Crippen LogP contribution is -2.16.